The number of thiophene rings is 1. The molecule has 15 heavy (non-hydrogen) atoms. The van der Waals surface area contributed by atoms with Gasteiger partial charge in [-0.3, -0.25) is 4.79 Å². The van der Waals surface area contributed by atoms with Crippen molar-refractivity contribution in [2.45, 2.75) is 18.9 Å². The van der Waals surface area contributed by atoms with Crippen molar-refractivity contribution in [3.63, 3.8) is 0 Å². The lowest BCUT2D eigenvalue weighted by Crippen LogP contribution is -2.30. The first-order valence-electron chi connectivity index (χ1n) is 5.25. The van der Waals surface area contributed by atoms with Crippen LogP contribution >= 0.6 is 11.3 Å². The number of ketones is 1. The molecular weight excluding hydrogens is 210 g/mol. The highest BCUT2D eigenvalue weighted by molar-refractivity contribution is 7.12. The van der Waals surface area contributed by atoms with Crippen molar-refractivity contribution < 1.29 is 9.53 Å². The third-order valence-corrected chi connectivity index (χ3v) is 3.39. The number of rotatable bonds is 5. The molecule has 0 bridgehead atoms. The van der Waals surface area contributed by atoms with Gasteiger partial charge in [-0.15, -0.1) is 11.3 Å². The maximum atomic E-state index is 11.6. The molecule has 3 nitrogen and oxygen atoms in total. The normalized spacial score (nSPS) is 20.7. The van der Waals surface area contributed by atoms with Crippen LogP contribution in [0.2, 0.25) is 0 Å². The molecule has 0 spiro atoms. The van der Waals surface area contributed by atoms with Gasteiger partial charge in [0, 0.05) is 13.2 Å². The summed E-state index contributed by atoms with van der Waals surface area (Å²) in [4.78, 5) is 12.4. The van der Waals surface area contributed by atoms with Gasteiger partial charge in [0.25, 0.3) is 0 Å². The summed E-state index contributed by atoms with van der Waals surface area (Å²) in [6.07, 6.45) is 2.56. The van der Waals surface area contributed by atoms with Gasteiger partial charge in [0.2, 0.25) is 0 Å². The molecule has 1 aromatic rings. The summed E-state index contributed by atoms with van der Waals surface area (Å²) in [7, 11) is 0. The van der Waals surface area contributed by atoms with E-state index in [2.05, 4.69) is 5.32 Å². The number of nitrogens with one attached hydrogen (secondary N) is 1. The van der Waals surface area contributed by atoms with Crippen LogP contribution < -0.4 is 5.32 Å². The Bertz CT molecular complexity index is 304. The van der Waals surface area contributed by atoms with Gasteiger partial charge in [0.1, 0.15) is 0 Å². The predicted octanol–water partition coefficient (Wildman–Crippen LogP) is 1.70. The topological polar surface area (TPSA) is 38.3 Å². The smallest absolute Gasteiger partial charge is 0.186 e. The average molecular weight is 225 g/mol. The molecule has 1 aliphatic heterocycles. The van der Waals surface area contributed by atoms with Crippen molar-refractivity contribution in [1.82, 2.24) is 5.32 Å². The Morgan fingerprint density at radius 3 is 3.27 bits per heavy atom. The summed E-state index contributed by atoms with van der Waals surface area (Å²) in [5.74, 6) is 0.169. The van der Waals surface area contributed by atoms with Crippen molar-refractivity contribution >= 4 is 17.1 Å². The fraction of sp³-hybridized carbons (Fsp3) is 0.545. The van der Waals surface area contributed by atoms with Gasteiger partial charge in [0.15, 0.2) is 5.78 Å². The number of carbonyl (C=O) groups is 1. The second-order valence-corrected chi connectivity index (χ2v) is 4.61. The van der Waals surface area contributed by atoms with Crippen LogP contribution in [0, 0.1) is 0 Å². The molecule has 82 valence electrons. The molecule has 2 rings (SSSR count). The first-order valence-corrected chi connectivity index (χ1v) is 6.13. The highest BCUT2D eigenvalue weighted by Gasteiger charge is 2.15. The van der Waals surface area contributed by atoms with Crippen LogP contribution in [0.15, 0.2) is 17.5 Å². The molecule has 0 amide bonds. The van der Waals surface area contributed by atoms with Crippen LogP contribution in [0.4, 0.5) is 0 Å². The monoisotopic (exact) mass is 225 g/mol. The maximum Gasteiger partial charge on any atom is 0.186 e. The van der Waals surface area contributed by atoms with Crippen LogP contribution in [-0.4, -0.2) is 31.6 Å². The SMILES string of the molecule is O=C(CNCC1CCCO1)c1cccs1. The first-order chi connectivity index (χ1) is 7.36. The quantitative estimate of drug-likeness (QED) is 0.775. The first kappa shape index (κ1) is 10.8. The van der Waals surface area contributed by atoms with Gasteiger partial charge >= 0.3 is 0 Å². The van der Waals surface area contributed by atoms with Crippen LogP contribution in [0.25, 0.3) is 0 Å². The summed E-state index contributed by atoms with van der Waals surface area (Å²) in [6.45, 7) is 2.07. The van der Waals surface area contributed by atoms with Crippen LogP contribution in [-0.2, 0) is 4.74 Å². The minimum Gasteiger partial charge on any atom is -0.377 e. The van der Waals surface area contributed by atoms with Crippen LogP contribution in [0.1, 0.15) is 22.5 Å². The Balaban J connectivity index is 1.67. The molecule has 1 N–H and O–H groups in total. The van der Waals surface area contributed by atoms with Crippen molar-refractivity contribution in [3.05, 3.63) is 22.4 Å². The molecule has 1 aliphatic rings. The zero-order chi connectivity index (χ0) is 10.5. The van der Waals surface area contributed by atoms with Gasteiger partial charge < -0.3 is 10.1 Å². The van der Waals surface area contributed by atoms with E-state index in [1.165, 1.54) is 11.3 Å². The molecular formula is C11H15NO2S. The Kier molecular flexibility index (Phi) is 3.88. The molecule has 2 heterocycles. The molecule has 1 saturated heterocycles. The van der Waals surface area contributed by atoms with Crippen LogP contribution in [0.3, 0.4) is 0 Å². The number of hydrogen-bond donors (Lipinski definition) is 1. The van der Waals surface area contributed by atoms with Gasteiger partial charge in [-0.05, 0) is 24.3 Å². The maximum absolute atomic E-state index is 11.6. The molecule has 0 aliphatic carbocycles. The number of ether oxygens (including phenoxy) is 1. The van der Waals surface area contributed by atoms with Crippen LogP contribution in [0.5, 0.6) is 0 Å². The lowest BCUT2D eigenvalue weighted by molar-refractivity contribution is 0.0959. The van der Waals surface area contributed by atoms with E-state index in [9.17, 15) is 4.79 Å². The lowest BCUT2D eigenvalue weighted by Gasteiger charge is -2.09. The lowest BCUT2D eigenvalue weighted by atomic mass is 10.2. The van der Waals surface area contributed by atoms with Crippen molar-refractivity contribution in [1.29, 1.82) is 0 Å². The molecule has 4 heteroatoms. The second-order valence-electron chi connectivity index (χ2n) is 3.67. The molecule has 1 fully saturated rings. The Morgan fingerprint density at radius 2 is 2.60 bits per heavy atom. The Hall–Kier alpha value is -0.710. The van der Waals surface area contributed by atoms with Gasteiger partial charge in [-0.1, -0.05) is 6.07 Å². The summed E-state index contributed by atoms with van der Waals surface area (Å²) >= 11 is 1.49. The number of carbonyl (C=O) groups excluding carboxylic acids is 1. The third-order valence-electron chi connectivity index (χ3n) is 2.48. The fourth-order valence-corrected chi connectivity index (χ4v) is 2.34. The van der Waals surface area contributed by atoms with Gasteiger partial charge in [-0.2, -0.15) is 0 Å². The zero-order valence-corrected chi connectivity index (χ0v) is 9.39. The predicted molar refractivity (Wildman–Crippen MR) is 60.5 cm³/mol. The Labute approximate surface area is 93.4 Å². The van der Waals surface area contributed by atoms with E-state index in [0.717, 1.165) is 30.9 Å². The van der Waals surface area contributed by atoms with E-state index in [4.69, 9.17) is 4.74 Å². The second kappa shape index (κ2) is 5.39. The van der Waals surface area contributed by atoms with E-state index >= 15 is 0 Å². The Morgan fingerprint density at radius 1 is 1.67 bits per heavy atom. The molecule has 1 unspecified atom stereocenters. The van der Waals surface area contributed by atoms with Crippen molar-refractivity contribution in [2.75, 3.05) is 19.7 Å². The van der Waals surface area contributed by atoms with E-state index < -0.39 is 0 Å². The molecule has 0 radical (unpaired) electrons. The number of hydrogen-bond acceptors (Lipinski definition) is 4. The van der Waals surface area contributed by atoms with Crippen molar-refractivity contribution in [3.8, 4) is 0 Å². The fourth-order valence-electron chi connectivity index (χ4n) is 1.68. The standard InChI is InChI=1S/C11H15NO2S/c13-10(11-4-2-6-15-11)8-12-7-9-3-1-5-14-9/h2,4,6,9,12H,1,3,5,7-8H2. The van der Waals surface area contributed by atoms with E-state index in [1.807, 2.05) is 17.5 Å². The van der Waals surface area contributed by atoms with E-state index in [0.29, 0.717) is 12.6 Å². The highest BCUT2D eigenvalue weighted by atomic mass is 32.1. The highest BCUT2D eigenvalue weighted by Crippen LogP contribution is 2.11. The molecule has 0 saturated carbocycles. The largest absolute Gasteiger partial charge is 0.377 e. The molecule has 1 atom stereocenters. The minimum absolute atomic E-state index is 0.169. The third kappa shape index (κ3) is 3.12. The number of Topliss-reactive ketones (excluding diaryl/α,β-unsaturated/α-hetero) is 1. The van der Waals surface area contributed by atoms with Crippen molar-refractivity contribution in [2.24, 2.45) is 0 Å². The van der Waals surface area contributed by atoms with Gasteiger partial charge in [-0.25, -0.2) is 0 Å². The van der Waals surface area contributed by atoms with E-state index in [1.54, 1.807) is 0 Å². The van der Waals surface area contributed by atoms with Gasteiger partial charge in [0.05, 0.1) is 17.5 Å². The molecule has 1 aromatic heterocycles. The van der Waals surface area contributed by atoms with E-state index in [-0.39, 0.29) is 5.78 Å². The molecule has 0 aromatic carbocycles. The minimum atomic E-state index is 0.169. The zero-order valence-electron chi connectivity index (χ0n) is 8.57. The average Bonchev–Trinajstić information content (AvgIpc) is 2.90. The summed E-state index contributed by atoms with van der Waals surface area (Å²) in [5.41, 5.74) is 0. The summed E-state index contributed by atoms with van der Waals surface area (Å²) in [6, 6.07) is 3.76. The summed E-state index contributed by atoms with van der Waals surface area (Å²) in [5, 5.41) is 5.07. The summed E-state index contributed by atoms with van der Waals surface area (Å²) < 4.78 is 5.45.